The quantitative estimate of drug-likeness (QED) is 0.729. The zero-order valence-corrected chi connectivity index (χ0v) is 10.6. The molecule has 0 radical (unpaired) electrons. The van der Waals surface area contributed by atoms with Gasteiger partial charge in [0.2, 0.25) is 5.91 Å². The van der Waals surface area contributed by atoms with Gasteiger partial charge in [-0.3, -0.25) is 4.79 Å². The lowest BCUT2D eigenvalue weighted by Gasteiger charge is -2.37. The fourth-order valence-electron chi connectivity index (χ4n) is 2.25. The van der Waals surface area contributed by atoms with E-state index in [-0.39, 0.29) is 12.0 Å². The van der Waals surface area contributed by atoms with Gasteiger partial charge in [-0.05, 0) is 31.6 Å². The molecule has 0 aromatic rings. The van der Waals surface area contributed by atoms with E-state index in [1.807, 2.05) is 13.8 Å². The van der Waals surface area contributed by atoms with Crippen LogP contribution in [-0.2, 0) is 4.79 Å². The minimum Gasteiger partial charge on any atom is -0.393 e. The molecule has 0 aromatic carbocycles. The van der Waals surface area contributed by atoms with Crippen molar-refractivity contribution in [3.63, 3.8) is 0 Å². The SMILES string of the molecule is CCC(N)(CC)C(=O)N(C)CC1CC(O)C1. The molecule has 1 fully saturated rings. The number of carbonyl (C=O) groups is 1. The number of carbonyl (C=O) groups excluding carboxylic acids is 1. The second kappa shape index (κ2) is 5.15. The van der Waals surface area contributed by atoms with Crippen molar-refractivity contribution in [1.29, 1.82) is 0 Å². The van der Waals surface area contributed by atoms with Crippen molar-refractivity contribution in [2.24, 2.45) is 11.7 Å². The summed E-state index contributed by atoms with van der Waals surface area (Å²) in [5, 5.41) is 9.19. The standard InChI is InChI=1S/C12H24N2O2/c1-4-12(13,5-2)11(16)14(3)8-9-6-10(15)7-9/h9-10,15H,4-8,13H2,1-3H3. The molecule has 1 amide bonds. The van der Waals surface area contributed by atoms with E-state index in [2.05, 4.69) is 0 Å². The van der Waals surface area contributed by atoms with E-state index in [1.165, 1.54) is 0 Å². The number of nitrogens with two attached hydrogens (primary N) is 1. The summed E-state index contributed by atoms with van der Waals surface area (Å²) in [5.41, 5.74) is 5.35. The summed E-state index contributed by atoms with van der Waals surface area (Å²) >= 11 is 0. The fraction of sp³-hybridized carbons (Fsp3) is 0.917. The Balaban J connectivity index is 2.46. The maximum absolute atomic E-state index is 12.1. The Kier molecular flexibility index (Phi) is 4.33. The monoisotopic (exact) mass is 228 g/mol. The Morgan fingerprint density at radius 3 is 2.31 bits per heavy atom. The highest BCUT2D eigenvalue weighted by Crippen LogP contribution is 2.28. The summed E-state index contributed by atoms with van der Waals surface area (Å²) in [6.07, 6.45) is 2.80. The highest BCUT2D eigenvalue weighted by atomic mass is 16.3. The van der Waals surface area contributed by atoms with Crippen LogP contribution in [0.15, 0.2) is 0 Å². The summed E-state index contributed by atoms with van der Waals surface area (Å²) in [7, 11) is 1.81. The number of rotatable bonds is 5. The van der Waals surface area contributed by atoms with Gasteiger partial charge in [-0.2, -0.15) is 0 Å². The Morgan fingerprint density at radius 1 is 1.44 bits per heavy atom. The van der Waals surface area contributed by atoms with Crippen molar-refractivity contribution < 1.29 is 9.90 Å². The number of aliphatic hydroxyl groups is 1. The minimum absolute atomic E-state index is 0.0267. The zero-order chi connectivity index (χ0) is 12.3. The number of amides is 1. The van der Waals surface area contributed by atoms with Crippen LogP contribution in [0.4, 0.5) is 0 Å². The molecule has 1 aliphatic rings. The number of likely N-dealkylation sites (N-methyl/N-ethyl adjacent to an activating group) is 1. The van der Waals surface area contributed by atoms with Gasteiger partial charge in [0.15, 0.2) is 0 Å². The summed E-state index contributed by atoms with van der Waals surface area (Å²) in [6, 6.07) is 0. The molecule has 1 saturated carbocycles. The molecule has 0 spiro atoms. The molecule has 0 heterocycles. The Bertz CT molecular complexity index is 245. The molecule has 0 bridgehead atoms. The van der Waals surface area contributed by atoms with Crippen LogP contribution < -0.4 is 5.73 Å². The van der Waals surface area contributed by atoms with Crippen LogP contribution in [0, 0.1) is 5.92 Å². The van der Waals surface area contributed by atoms with Crippen molar-refractivity contribution in [3.8, 4) is 0 Å². The first-order chi connectivity index (χ1) is 7.42. The van der Waals surface area contributed by atoms with E-state index >= 15 is 0 Å². The van der Waals surface area contributed by atoms with Crippen LogP contribution >= 0.6 is 0 Å². The Hall–Kier alpha value is -0.610. The fourth-order valence-corrected chi connectivity index (χ4v) is 2.25. The van der Waals surface area contributed by atoms with E-state index in [4.69, 9.17) is 5.73 Å². The van der Waals surface area contributed by atoms with E-state index < -0.39 is 5.54 Å². The first-order valence-electron chi connectivity index (χ1n) is 6.15. The lowest BCUT2D eigenvalue weighted by molar-refractivity contribution is -0.137. The zero-order valence-electron chi connectivity index (χ0n) is 10.6. The lowest BCUT2D eigenvalue weighted by Crippen LogP contribution is -2.55. The van der Waals surface area contributed by atoms with Crippen LogP contribution in [0.1, 0.15) is 39.5 Å². The van der Waals surface area contributed by atoms with Crippen LogP contribution in [0.25, 0.3) is 0 Å². The number of hydrogen-bond acceptors (Lipinski definition) is 3. The molecule has 0 atom stereocenters. The van der Waals surface area contributed by atoms with Crippen LogP contribution in [0.2, 0.25) is 0 Å². The summed E-state index contributed by atoms with van der Waals surface area (Å²) in [6.45, 7) is 4.61. The third-order valence-corrected chi connectivity index (χ3v) is 3.78. The molecule has 16 heavy (non-hydrogen) atoms. The molecule has 4 nitrogen and oxygen atoms in total. The smallest absolute Gasteiger partial charge is 0.242 e. The largest absolute Gasteiger partial charge is 0.393 e. The van der Waals surface area contributed by atoms with E-state index in [9.17, 15) is 9.90 Å². The maximum atomic E-state index is 12.1. The molecule has 3 N–H and O–H groups in total. The molecule has 0 aromatic heterocycles. The number of hydrogen-bond donors (Lipinski definition) is 2. The van der Waals surface area contributed by atoms with Gasteiger partial charge in [-0.1, -0.05) is 13.8 Å². The Labute approximate surface area is 97.8 Å². The van der Waals surface area contributed by atoms with Crippen LogP contribution in [-0.4, -0.2) is 41.1 Å². The van der Waals surface area contributed by atoms with Gasteiger partial charge >= 0.3 is 0 Å². The summed E-state index contributed by atoms with van der Waals surface area (Å²) in [4.78, 5) is 13.8. The van der Waals surface area contributed by atoms with Gasteiger partial charge in [-0.25, -0.2) is 0 Å². The van der Waals surface area contributed by atoms with Gasteiger partial charge in [0.05, 0.1) is 11.6 Å². The van der Waals surface area contributed by atoms with Crippen molar-refractivity contribution in [1.82, 2.24) is 4.90 Å². The van der Waals surface area contributed by atoms with Gasteiger partial charge < -0.3 is 15.7 Å². The van der Waals surface area contributed by atoms with Crippen molar-refractivity contribution >= 4 is 5.91 Å². The Morgan fingerprint density at radius 2 is 1.94 bits per heavy atom. The van der Waals surface area contributed by atoms with Gasteiger partial charge in [0.1, 0.15) is 0 Å². The van der Waals surface area contributed by atoms with Crippen molar-refractivity contribution in [2.75, 3.05) is 13.6 Å². The van der Waals surface area contributed by atoms with Crippen molar-refractivity contribution in [2.45, 2.75) is 51.2 Å². The third kappa shape index (κ3) is 2.74. The predicted molar refractivity (Wildman–Crippen MR) is 63.9 cm³/mol. The highest BCUT2D eigenvalue weighted by molar-refractivity contribution is 5.85. The second-order valence-corrected chi connectivity index (χ2v) is 5.04. The normalized spacial score (nSPS) is 25.1. The van der Waals surface area contributed by atoms with E-state index in [0.29, 0.717) is 18.8 Å². The van der Waals surface area contributed by atoms with E-state index in [1.54, 1.807) is 11.9 Å². The molecule has 1 aliphatic carbocycles. The molecular weight excluding hydrogens is 204 g/mol. The highest BCUT2D eigenvalue weighted by Gasteiger charge is 2.35. The average molecular weight is 228 g/mol. The second-order valence-electron chi connectivity index (χ2n) is 5.04. The minimum atomic E-state index is -0.711. The maximum Gasteiger partial charge on any atom is 0.242 e. The molecule has 0 saturated heterocycles. The molecule has 0 unspecified atom stereocenters. The van der Waals surface area contributed by atoms with Crippen LogP contribution in [0.5, 0.6) is 0 Å². The topological polar surface area (TPSA) is 66.6 Å². The molecule has 1 rings (SSSR count). The first-order valence-corrected chi connectivity index (χ1v) is 6.15. The molecule has 4 heteroatoms. The van der Waals surface area contributed by atoms with E-state index in [0.717, 1.165) is 19.4 Å². The molecule has 94 valence electrons. The third-order valence-electron chi connectivity index (χ3n) is 3.78. The van der Waals surface area contributed by atoms with Gasteiger partial charge in [0.25, 0.3) is 0 Å². The summed E-state index contributed by atoms with van der Waals surface area (Å²) < 4.78 is 0. The van der Waals surface area contributed by atoms with Gasteiger partial charge in [-0.15, -0.1) is 0 Å². The molecular formula is C12H24N2O2. The number of aliphatic hydroxyl groups excluding tert-OH is 1. The number of nitrogens with zero attached hydrogens (tertiary/aromatic N) is 1. The molecule has 0 aliphatic heterocycles. The van der Waals surface area contributed by atoms with Crippen LogP contribution in [0.3, 0.4) is 0 Å². The lowest BCUT2D eigenvalue weighted by atomic mass is 9.81. The van der Waals surface area contributed by atoms with Crippen molar-refractivity contribution in [3.05, 3.63) is 0 Å². The first kappa shape index (κ1) is 13.5. The average Bonchev–Trinajstić information content (AvgIpc) is 2.24. The van der Waals surface area contributed by atoms with Gasteiger partial charge in [0, 0.05) is 13.6 Å². The summed E-state index contributed by atoms with van der Waals surface area (Å²) in [5.74, 6) is 0.473. The predicted octanol–water partition coefficient (Wildman–Crippen LogP) is 0.733.